The van der Waals surface area contributed by atoms with Crippen LogP contribution in [-0.2, 0) is 12.7 Å². The van der Waals surface area contributed by atoms with Crippen LogP contribution in [0.4, 0.5) is 13.2 Å². The van der Waals surface area contributed by atoms with Crippen LogP contribution in [0.2, 0.25) is 0 Å². The molecule has 0 aliphatic carbocycles. The highest BCUT2D eigenvalue weighted by molar-refractivity contribution is 5.22. The molecule has 0 aromatic carbocycles. The Morgan fingerprint density at radius 2 is 2.18 bits per heavy atom. The van der Waals surface area contributed by atoms with Gasteiger partial charge in [0.2, 0.25) is 0 Å². The summed E-state index contributed by atoms with van der Waals surface area (Å²) in [5.74, 6) is 0.00745. The minimum absolute atomic E-state index is 0.00134. The van der Waals surface area contributed by atoms with Crippen LogP contribution in [-0.4, -0.2) is 23.2 Å². The maximum absolute atomic E-state index is 12.6. The molecule has 0 aliphatic heterocycles. The van der Waals surface area contributed by atoms with E-state index in [1.807, 2.05) is 0 Å². The number of pyridine rings is 1. The Bertz CT molecular complexity index is 355. The summed E-state index contributed by atoms with van der Waals surface area (Å²) in [4.78, 5) is 3.72. The summed E-state index contributed by atoms with van der Waals surface area (Å²) in [7, 11) is 0. The molecule has 2 N–H and O–H groups in total. The summed E-state index contributed by atoms with van der Waals surface area (Å²) in [5.41, 5.74) is -0.741. The van der Waals surface area contributed by atoms with Gasteiger partial charge >= 0.3 is 6.18 Å². The predicted octanol–water partition coefficient (Wildman–Crippen LogP) is 1.82. The van der Waals surface area contributed by atoms with Gasteiger partial charge in [0.25, 0.3) is 0 Å². The van der Waals surface area contributed by atoms with Crippen molar-refractivity contribution in [3.63, 3.8) is 0 Å². The van der Waals surface area contributed by atoms with Crippen molar-refractivity contribution in [1.29, 1.82) is 0 Å². The minimum Gasteiger partial charge on any atom is -0.396 e. The van der Waals surface area contributed by atoms with E-state index in [9.17, 15) is 13.2 Å². The highest BCUT2D eigenvalue weighted by atomic mass is 19.4. The molecule has 96 valence electrons. The van der Waals surface area contributed by atoms with E-state index >= 15 is 0 Å². The van der Waals surface area contributed by atoms with Crippen LogP contribution in [0, 0.1) is 5.92 Å². The molecule has 1 unspecified atom stereocenters. The Kier molecular flexibility index (Phi) is 4.89. The molecule has 1 rings (SSSR count). The average Bonchev–Trinajstić information content (AvgIpc) is 2.28. The maximum Gasteiger partial charge on any atom is 0.418 e. The number of nitrogens with one attached hydrogen (secondary N) is 1. The van der Waals surface area contributed by atoms with E-state index in [1.54, 1.807) is 6.92 Å². The first-order valence-electron chi connectivity index (χ1n) is 5.27. The Morgan fingerprint density at radius 3 is 2.76 bits per heavy atom. The van der Waals surface area contributed by atoms with Crippen molar-refractivity contribution in [3.05, 3.63) is 29.6 Å². The number of aliphatic hydroxyl groups excluding tert-OH is 1. The lowest BCUT2D eigenvalue weighted by atomic mass is 10.1. The van der Waals surface area contributed by atoms with Crippen LogP contribution in [0.25, 0.3) is 0 Å². The quantitative estimate of drug-likeness (QED) is 0.835. The van der Waals surface area contributed by atoms with E-state index in [4.69, 9.17) is 5.11 Å². The van der Waals surface area contributed by atoms with Crippen molar-refractivity contribution in [2.24, 2.45) is 5.92 Å². The summed E-state index contributed by atoms with van der Waals surface area (Å²) < 4.78 is 37.8. The molecular weight excluding hydrogens is 233 g/mol. The van der Waals surface area contributed by atoms with Gasteiger partial charge in [0.15, 0.2) is 0 Å². The molecule has 0 aliphatic rings. The van der Waals surface area contributed by atoms with Crippen molar-refractivity contribution in [2.45, 2.75) is 19.6 Å². The molecule has 6 heteroatoms. The maximum atomic E-state index is 12.6. The Labute approximate surface area is 97.7 Å². The molecule has 0 saturated carbocycles. The molecule has 1 heterocycles. The van der Waals surface area contributed by atoms with Gasteiger partial charge in [0, 0.05) is 25.9 Å². The number of nitrogens with zero attached hydrogens (tertiary/aromatic N) is 1. The third-order valence-electron chi connectivity index (χ3n) is 2.29. The largest absolute Gasteiger partial charge is 0.418 e. The minimum atomic E-state index is -4.38. The summed E-state index contributed by atoms with van der Waals surface area (Å²) in [6.45, 7) is 2.29. The fourth-order valence-corrected chi connectivity index (χ4v) is 1.34. The van der Waals surface area contributed by atoms with Gasteiger partial charge in [-0.15, -0.1) is 0 Å². The molecule has 3 nitrogen and oxygen atoms in total. The zero-order valence-corrected chi connectivity index (χ0v) is 9.46. The van der Waals surface area contributed by atoms with E-state index < -0.39 is 11.7 Å². The Balaban J connectivity index is 2.65. The monoisotopic (exact) mass is 248 g/mol. The molecule has 1 aromatic heterocycles. The van der Waals surface area contributed by atoms with Gasteiger partial charge < -0.3 is 10.4 Å². The molecule has 1 aromatic rings. The zero-order chi connectivity index (χ0) is 12.9. The van der Waals surface area contributed by atoms with E-state index in [0.717, 1.165) is 6.07 Å². The molecule has 0 fully saturated rings. The van der Waals surface area contributed by atoms with Gasteiger partial charge in [-0.1, -0.05) is 6.92 Å². The van der Waals surface area contributed by atoms with Crippen molar-refractivity contribution in [1.82, 2.24) is 10.3 Å². The van der Waals surface area contributed by atoms with Crippen LogP contribution < -0.4 is 5.32 Å². The van der Waals surface area contributed by atoms with E-state index in [1.165, 1.54) is 12.3 Å². The van der Waals surface area contributed by atoms with Gasteiger partial charge in [-0.05, 0) is 18.1 Å². The number of alkyl halides is 3. The van der Waals surface area contributed by atoms with Gasteiger partial charge in [-0.2, -0.15) is 13.2 Å². The lowest BCUT2D eigenvalue weighted by Gasteiger charge is -2.13. The zero-order valence-electron chi connectivity index (χ0n) is 9.46. The number of halogens is 3. The van der Waals surface area contributed by atoms with Gasteiger partial charge in [-0.3, -0.25) is 4.98 Å². The summed E-state index contributed by atoms with van der Waals surface area (Å²) in [5, 5.41) is 11.6. The van der Waals surface area contributed by atoms with Crippen LogP contribution >= 0.6 is 0 Å². The van der Waals surface area contributed by atoms with E-state index in [-0.39, 0.29) is 24.8 Å². The smallest absolute Gasteiger partial charge is 0.396 e. The standard InChI is InChI=1S/C11H15F3N2O/c1-8(7-17)5-15-6-10-9(11(12,13)14)3-2-4-16-10/h2-4,8,15,17H,5-7H2,1H3. The molecular formula is C11H15F3N2O. The number of rotatable bonds is 5. The van der Waals surface area contributed by atoms with Gasteiger partial charge in [-0.25, -0.2) is 0 Å². The van der Waals surface area contributed by atoms with E-state index in [0.29, 0.717) is 6.54 Å². The Hall–Kier alpha value is -1.14. The number of hydrogen-bond acceptors (Lipinski definition) is 3. The number of hydrogen-bond donors (Lipinski definition) is 2. The average molecular weight is 248 g/mol. The first-order chi connectivity index (χ1) is 7.95. The van der Waals surface area contributed by atoms with Crippen LogP contribution in [0.15, 0.2) is 18.3 Å². The molecule has 0 radical (unpaired) electrons. The predicted molar refractivity (Wildman–Crippen MR) is 57.2 cm³/mol. The topological polar surface area (TPSA) is 45.1 Å². The first-order valence-corrected chi connectivity index (χ1v) is 5.27. The third-order valence-corrected chi connectivity index (χ3v) is 2.29. The second kappa shape index (κ2) is 5.97. The molecule has 1 atom stereocenters. The molecule has 0 spiro atoms. The van der Waals surface area contributed by atoms with Crippen LogP contribution in [0.5, 0.6) is 0 Å². The second-order valence-electron chi connectivity index (χ2n) is 3.91. The van der Waals surface area contributed by atoms with Crippen molar-refractivity contribution in [3.8, 4) is 0 Å². The SMILES string of the molecule is CC(CO)CNCc1ncccc1C(F)(F)F. The fourth-order valence-electron chi connectivity index (χ4n) is 1.34. The van der Waals surface area contributed by atoms with Crippen LogP contribution in [0.1, 0.15) is 18.2 Å². The van der Waals surface area contributed by atoms with Gasteiger partial charge in [0.1, 0.15) is 0 Å². The van der Waals surface area contributed by atoms with Crippen molar-refractivity contribution < 1.29 is 18.3 Å². The highest BCUT2D eigenvalue weighted by Crippen LogP contribution is 2.30. The van der Waals surface area contributed by atoms with Crippen molar-refractivity contribution >= 4 is 0 Å². The molecule has 0 amide bonds. The van der Waals surface area contributed by atoms with Crippen molar-refractivity contribution in [2.75, 3.05) is 13.2 Å². The summed E-state index contributed by atoms with van der Waals surface area (Å²) in [6, 6.07) is 2.28. The molecule has 0 bridgehead atoms. The lowest BCUT2D eigenvalue weighted by molar-refractivity contribution is -0.138. The lowest BCUT2D eigenvalue weighted by Crippen LogP contribution is -2.24. The summed E-state index contributed by atoms with van der Waals surface area (Å²) >= 11 is 0. The number of aliphatic hydroxyl groups is 1. The van der Waals surface area contributed by atoms with Gasteiger partial charge in [0.05, 0.1) is 11.3 Å². The molecule has 0 saturated heterocycles. The van der Waals surface area contributed by atoms with Crippen LogP contribution in [0.3, 0.4) is 0 Å². The summed E-state index contributed by atoms with van der Waals surface area (Å²) in [6.07, 6.45) is -3.05. The number of aromatic nitrogens is 1. The van der Waals surface area contributed by atoms with E-state index in [2.05, 4.69) is 10.3 Å². The highest BCUT2D eigenvalue weighted by Gasteiger charge is 2.33. The third kappa shape index (κ3) is 4.32. The molecule has 17 heavy (non-hydrogen) atoms. The normalized spacial score (nSPS) is 13.7. The fraction of sp³-hybridized carbons (Fsp3) is 0.545. The Morgan fingerprint density at radius 1 is 1.47 bits per heavy atom. The second-order valence-corrected chi connectivity index (χ2v) is 3.91. The first kappa shape index (κ1) is 13.9.